The van der Waals surface area contributed by atoms with Crippen molar-refractivity contribution in [2.45, 2.75) is 13.5 Å². The molecule has 0 unspecified atom stereocenters. The number of hydrogen-bond acceptors (Lipinski definition) is 5. The Bertz CT molecular complexity index is 595. The number of benzene rings is 1. The number of nitrogens with zero attached hydrogens (tertiary/aromatic N) is 1. The van der Waals surface area contributed by atoms with Crippen molar-refractivity contribution in [2.75, 3.05) is 12.8 Å². The number of thiazole rings is 1. The fourth-order valence-electron chi connectivity index (χ4n) is 1.59. The highest BCUT2D eigenvalue weighted by Gasteiger charge is 2.09. The average molecular weight is 277 g/mol. The molecule has 19 heavy (non-hydrogen) atoms. The summed E-state index contributed by atoms with van der Waals surface area (Å²) in [6, 6.07) is 4.94. The lowest BCUT2D eigenvalue weighted by molar-refractivity contribution is 0.0950. The average Bonchev–Trinajstić information content (AvgIpc) is 2.82. The molecule has 0 aliphatic heterocycles. The number of anilines is 1. The maximum Gasteiger partial charge on any atom is 0.251 e. The van der Waals surface area contributed by atoms with Gasteiger partial charge in [-0.3, -0.25) is 4.79 Å². The highest BCUT2D eigenvalue weighted by molar-refractivity contribution is 7.09. The summed E-state index contributed by atoms with van der Waals surface area (Å²) < 4.78 is 5.09. The van der Waals surface area contributed by atoms with E-state index in [1.165, 1.54) is 18.4 Å². The zero-order valence-corrected chi connectivity index (χ0v) is 11.6. The predicted molar refractivity (Wildman–Crippen MR) is 75.4 cm³/mol. The van der Waals surface area contributed by atoms with Crippen LogP contribution in [-0.4, -0.2) is 18.0 Å². The Labute approximate surface area is 115 Å². The molecule has 1 aromatic heterocycles. The molecule has 3 N–H and O–H groups in total. The maximum absolute atomic E-state index is 12.0. The Morgan fingerprint density at radius 3 is 2.95 bits per heavy atom. The first kappa shape index (κ1) is 13.4. The molecule has 1 amide bonds. The van der Waals surface area contributed by atoms with E-state index >= 15 is 0 Å². The fourth-order valence-corrected chi connectivity index (χ4v) is 2.31. The van der Waals surface area contributed by atoms with E-state index in [4.69, 9.17) is 10.5 Å². The topological polar surface area (TPSA) is 77.2 Å². The van der Waals surface area contributed by atoms with Crippen molar-refractivity contribution < 1.29 is 9.53 Å². The maximum atomic E-state index is 12.0. The highest BCUT2D eigenvalue weighted by Crippen LogP contribution is 2.22. The van der Waals surface area contributed by atoms with E-state index in [9.17, 15) is 4.79 Å². The third-order valence-electron chi connectivity index (χ3n) is 2.56. The van der Waals surface area contributed by atoms with Crippen molar-refractivity contribution in [3.63, 3.8) is 0 Å². The second kappa shape index (κ2) is 5.71. The molecule has 0 fully saturated rings. The molecule has 0 aliphatic rings. The molecule has 0 spiro atoms. The first-order chi connectivity index (χ1) is 9.10. The van der Waals surface area contributed by atoms with Crippen LogP contribution in [0.2, 0.25) is 0 Å². The Kier molecular flexibility index (Phi) is 4.01. The molecule has 0 saturated carbocycles. The summed E-state index contributed by atoms with van der Waals surface area (Å²) in [5, 5.41) is 5.65. The number of hydrogen-bond donors (Lipinski definition) is 2. The van der Waals surface area contributed by atoms with E-state index in [0.717, 1.165) is 10.7 Å². The number of aromatic nitrogens is 1. The van der Waals surface area contributed by atoms with Crippen LogP contribution >= 0.6 is 11.3 Å². The molecule has 2 aromatic rings. The Morgan fingerprint density at radius 2 is 2.32 bits per heavy atom. The van der Waals surface area contributed by atoms with Gasteiger partial charge in [-0.05, 0) is 25.1 Å². The summed E-state index contributed by atoms with van der Waals surface area (Å²) >= 11 is 1.53. The number of nitrogens with one attached hydrogen (secondary N) is 1. The van der Waals surface area contributed by atoms with Gasteiger partial charge in [0.05, 0.1) is 19.3 Å². The molecule has 0 atom stereocenters. The standard InChI is InChI=1S/C13H15N3O2S/c1-8-7-19-12(16-8)6-15-13(17)9-3-4-10(14)11(5-9)18-2/h3-5,7H,6,14H2,1-2H3,(H,15,17). The Morgan fingerprint density at radius 1 is 1.53 bits per heavy atom. The van der Waals surface area contributed by atoms with Crippen molar-refractivity contribution >= 4 is 22.9 Å². The summed E-state index contributed by atoms with van der Waals surface area (Å²) in [5.74, 6) is 0.323. The minimum absolute atomic E-state index is 0.175. The molecule has 2 rings (SSSR count). The summed E-state index contributed by atoms with van der Waals surface area (Å²) in [7, 11) is 1.52. The van der Waals surface area contributed by atoms with Gasteiger partial charge in [-0.15, -0.1) is 11.3 Å². The molecular formula is C13H15N3O2S. The van der Waals surface area contributed by atoms with Crippen LogP contribution in [0.3, 0.4) is 0 Å². The van der Waals surface area contributed by atoms with Crippen molar-refractivity contribution in [3.05, 3.63) is 39.8 Å². The van der Waals surface area contributed by atoms with Gasteiger partial charge in [-0.1, -0.05) is 0 Å². The number of methoxy groups -OCH3 is 1. The van der Waals surface area contributed by atoms with Gasteiger partial charge < -0.3 is 15.8 Å². The van der Waals surface area contributed by atoms with E-state index in [-0.39, 0.29) is 5.91 Å². The van der Waals surface area contributed by atoms with E-state index in [2.05, 4.69) is 10.3 Å². The van der Waals surface area contributed by atoms with Crippen LogP contribution in [0.25, 0.3) is 0 Å². The lowest BCUT2D eigenvalue weighted by Crippen LogP contribution is -2.22. The van der Waals surface area contributed by atoms with Crippen LogP contribution in [0, 0.1) is 6.92 Å². The molecule has 0 saturated heterocycles. The smallest absolute Gasteiger partial charge is 0.251 e. The van der Waals surface area contributed by atoms with Crippen LogP contribution < -0.4 is 15.8 Å². The largest absolute Gasteiger partial charge is 0.495 e. The van der Waals surface area contributed by atoms with Gasteiger partial charge in [0, 0.05) is 16.6 Å². The number of rotatable bonds is 4. The van der Waals surface area contributed by atoms with Gasteiger partial charge in [0.15, 0.2) is 0 Å². The van der Waals surface area contributed by atoms with Crippen LogP contribution in [0.4, 0.5) is 5.69 Å². The monoisotopic (exact) mass is 277 g/mol. The number of aryl methyl sites for hydroxylation is 1. The fraction of sp³-hybridized carbons (Fsp3) is 0.231. The zero-order chi connectivity index (χ0) is 13.8. The molecular weight excluding hydrogens is 262 g/mol. The van der Waals surface area contributed by atoms with Crippen LogP contribution in [-0.2, 0) is 6.54 Å². The summed E-state index contributed by atoms with van der Waals surface area (Å²) in [5.41, 5.74) is 7.69. The number of nitrogen functional groups attached to an aromatic ring is 1. The number of carbonyl (C=O) groups is 1. The van der Waals surface area contributed by atoms with E-state index < -0.39 is 0 Å². The third-order valence-corrected chi connectivity index (χ3v) is 3.53. The highest BCUT2D eigenvalue weighted by atomic mass is 32.1. The van der Waals surface area contributed by atoms with Gasteiger partial charge in [-0.2, -0.15) is 0 Å². The van der Waals surface area contributed by atoms with Gasteiger partial charge in [0.25, 0.3) is 5.91 Å². The molecule has 0 radical (unpaired) electrons. The Balaban J connectivity index is 2.03. The number of amides is 1. The molecule has 5 nitrogen and oxygen atoms in total. The summed E-state index contributed by atoms with van der Waals surface area (Å²) in [6.07, 6.45) is 0. The lowest BCUT2D eigenvalue weighted by atomic mass is 10.2. The zero-order valence-electron chi connectivity index (χ0n) is 10.8. The van der Waals surface area contributed by atoms with Gasteiger partial charge in [0.2, 0.25) is 0 Å². The van der Waals surface area contributed by atoms with E-state index in [0.29, 0.717) is 23.5 Å². The minimum Gasteiger partial charge on any atom is -0.495 e. The lowest BCUT2D eigenvalue weighted by Gasteiger charge is -2.07. The molecule has 1 heterocycles. The second-order valence-corrected chi connectivity index (χ2v) is 4.96. The van der Waals surface area contributed by atoms with Crippen molar-refractivity contribution in [1.82, 2.24) is 10.3 Å². The van der Waals surface area contributed by atoms with Crippen molar-refractivity contribution in [3.8, 4) is 5.75 Å². The third kappa shape index (κ3) is 3.23. The first-order valence-electron chi connectivity index (χ1n) is 5.73. The minimum atomic E-state index is -0.175. The molecule has 0 bridgehead atoms. The van der Waals surface area contributed by atoms with E-state index in [1.807, 2.05) is 12.3 Å². The normalized spacial score (nSPS) is 10.2. The molecule has 100 valence electrons. The van der Waals surface area contributed by atoms with Gasteiger partial charge in [0.1, 0.15) is 10.8 Å². The Hall–Kier alpha value is -2.08. The molecule has 1 aromatic carbocycles. The quantitative estimate of drug-likeness (QED) is 0.838. The number of ether oxygens (including phenoxy) is 1. The second-order valence-electron chi connectivity index (χ2n) is 4.02. The SMILES string of the molecule is COc1cc(C(=O)NCc2nc(C)cs2)ccc1N. The number of carbonyl (C=O) groups excluding carboxylic acids is 1. The first-order valence-corrected chi connectivity index (χ1v) is 6.61. The molecule has 0 aliphatic carbocycles. The van der Waals surface area contributed by atoms with Crippen LogP contribution in [0.15, 0.2) is 23.6 Å². The van der Waals surface area contributed by atoms with Crippen molar-refractivity contribution in [2.24, 2.45) is 0 Å². The van der Waals surface area contributed by atoms with Crippen molar-refractivity contribution in [1.29, 1.82) is 0 Å². The van der Waals surface area contributed by atoms with E-state index in [1.54, 1.807) is 18.2 Å². The van der Waals surface area contributed by atoms with Gasteiger partial charge in [-0.25, -0.2) is 4.98 Å². The summed E-state index contributed by atoms with van der Waals surface area (Å²) in [6.45, 7) is 2.34. The number of nitrogens with two attached hydrogens (primary N) is 1. The summed E-state index contributed by atoms with van der Waals surface area (Å²) in [4.78, 5) is 16.3. The van der Waals surface area contributed by atoms with Gasteiger partial charge >= 0.3 is 0 Å². The predicted octanol–water partition coefficient (Wildman–Crippen LogP) is 1.97. The van der Waals surface area contributed by atoms with Crippen LogP contribution in [0.5, 0.6) is 5.75 Å². The molecule has 6 heteroatoms. The van der Waals surface area contributed by atoms with Crippen LogP contribution in [0.1, 0.15) is 21.1 Å².